The van der Waals surface area contributed by atoms with Gasteiger partial charge in [0.25, 0.3) is 5.91 Å². The predicted octanol–water partition coefficient (Wildman–Crippen LogP) is 3.22. The molecule has 0 unspecified atom stereocenters. The third kappa shape index (κ3) is 4.51. The second kappa shape index (κ2) is 7.75. The van der Waals surface area contributed by atoms with Crippen molar-refractivity contribution in [2.45, 2.75) is 11.8 Å². The molecule has 0 spiro atoms. The zero-order chi connectivity index (χ0) is 20.3. The number of hydrogen-bond acceptors (Lipinski definition) is 5. The van der Waals surface area contributed by atoms with Crippen LogP contribution in [-0.2, 0) is 10.0 Å². The summed E-state index contributed by atoms with van der Waals surface area (Å²) in [5, 5.41) is 7.77. The van der Waals surface area contributed by atoms with Crippen molar-refractivity contribution in [2.24, 2.45) is 5.14 Å². The van der Waals surface area contributed by atoms with Crippen LogP contribution in [-0.4, -0.2) is 19.3 Å². The molecule has 0 aliphatic heterocycles. The summed E-state index contributed by atoms with van der Waals surface area (Å²) in [7, 11) is -3.95. The van der Waals surface area contributed by atoms with E-state index in [0.29, 0.717) is 11.3 Å². The van der Waals surface area contributed by atoms with Crippen LogP contribution in [0.4, 0.5) is 10.1 Å². The van der Waals surface area contributed by atoms with E-state index in [2.05, 4.69) is 10.3 Å². The van der Waals surface area contributed by atoms with Crippen LogP contribution in [0.5, 0.6) is 11.6 Å². The Morgan fingerprint density at radius 3 is 2.54 bits per heavy atom. The maximum Gasteiger partial charge on any atom is 0.256 e. The number of benzene rings is 2. The van der Waals surface area contributed by atoms with E-state index in [-0.39, 0.29) is 22.0 Å². The minimum Gasteiger partial charge on any atom is -0.437 e. The summed E-state index contributed by atoms with van der Waals surface area (Å²) in [6, 6.07) is 12.5. The Morgan fingerprint density at radius 1 is 1.14 bits per heavy atom. The van der Waals surface area contributed by atoms with Crippen molar-refractivity contribution >= 4 is 21.6 Å². The van der Waals surface area contributed by atoms with Crippen LogP contribution in [0.25, 0.3) is 0 Å². The zero-order valence-electron chi connectivity index (χ0n) is 14.7. The van der Waals surface area contributed by atoms with Crippen LogP contribution in [0, 0.1) is 12.7 Å². The number of ether oxygens (including phenoxy) is 1. The number of rotatable bonds is 5. The number of nitrogens with one attached hydrogen (secondary N) is 1. The third-order valence-electron chi connectivity index (χ3n) is 3.83. The fourth-order valence-corrected chi connectivity index (χ4v) is 2.93. The van der Waals surface area contributed by atoms with Crippen molar-refractivity contribution < 1.29 is 22.3 Å². The van der Waals surface area contributed by atoms with E-state index in [0.717, 1.165) is 0 Å². The van der Waals surface area contributed by atoms with Gasteiger partial charge >= 0.3 is 0 Å². The average molecular weight is 401 g/mol. The first-order chi connectivity index (χ1) is 13.2. The molecule has 0 atom stereocenters. The van der Waals surface area contributed by atoms with Gasteiger partial charge < -0.3 is 10.1 Å². The number of nitrogens with two attached hydrogens (primary N) is 1. The summed E-state index contributed by atoms with van der Waals surface area (Å²) in [5.41, 5.74) is 0.968. The first kappa shape index (κ1) is 19.5. The van der Waals surface area contributed by atoms with Gasteiger partial charge in [-0.25, -0.2) is 22.9 Å². The molecule has 144 valence electrons. The van der Waals surface area contributed by atoms with Crippen LogP contribution in [0.1, 0.15) is 15.9 Å². The number of anilines is 1. The third-order valence-corrected chi connectivity index (χ3v) is 4.74. The number of primary sulfonamides is 1. The fraction of sp³-hybridized carbons (Fsp3) is 0.0526. The first-order valence-corrected chi connectivity index (χ1v) is 9.62. The number of amides is 1. The zero-order valence-corrected chi connectivity index (χ0v) is 15.5. The lowest BCUT2D eigenvalue weighted by Crippen LogP contribution is -2.17. The van der Waals surface area contributed by atoms with E-state index in [9.17, 15) is 17.6 Å². The molecule has 0 aliphatic carbocycles. The van der Waals surface area contributed by atoms with E-state index in [1.165, 1.54) is 48.7 Å². The summed E-state index contributed by atoms with van der Waals surface area (Å²) in [6.45, 7) is 1.67. The second-order valence-corrected chi connectivity index (χ2v) is 7.45. The maximum absolute atomic E-state index is 13.0. The van der Waals surface area contributed by atoms with Gasteiger partial charge in [0.1, 0.15) is 17.3 Å². The Balaban J connectivity index is 1.88. The van der Waals surface area contributed by atoms with Crippen molar-refractivity contribution in [2.75, 3.05) is 5.32 Å². The maximum atomic E-state index is 13.0. The van der Waals surface area contributed by atoms with Crippen molar-refractivity contribution in [1.29, 1.82) is 0 Å². The predicted molar refractivity (Wildman–Crippen MR) is 101 cm³/mol. The van der Waals surface area contributed by atoms with Crippen LogP contribution in [0.3, 0.4) is 0 Å². The Morgan fingerprint density at radius 2 is 1.86 bits per heavy atom. The van der Waals surface area contributed by atoms with Crippen molar-refractivity contribution in [1.82, 2.24) is 4.98 Å². The Bertz CT molecular complexity index is 1130. The van der Waals surface area contributed by atoms with Crippen LogP contribution in [0.15, 0.2) is 65.7 Å². The smallest absolute Gasteiger partial charge is 0.256 e. The van der Waals surface area contributed by atoms with Crippen molar-refractivity contribution in [3.63, 3.8) is 0 Å². The molecule has 28 heavy (non-hydrogen) atoms. The monoisotopic (exact) mass is 401 g/mol. The second-order valence-electron chi connectivity index (χ2n) is 5.89. The minimum atomic E-state index is -3.95. The number of halogens is 1. The Hall–Kier alpha value is -3.30. The van der Waals surface area contributed by atoms with Crippen molar-refractivity contribution in [3.8, 4) is 11.6 Å². The average Bonchev–Trinajstić information content (AvgIpc) is 2.64. The number of hydrogen-bond donors (Lipinski definition) is 2. The summed E-state index contributed by atoms with van der Waals surface area (Å²) in [4.78, 5) is 16.6. The molecule has 9 heteroatoms. The van der Waals surface area contributed by atoms with Gasteiger partial charge in [0.05, 0.1) is 4.90 Å². The molecule has 7 nitrogen and oxygen atoms in total. The van der Waals surface area contributed by atoms with Crippen LogP contribution < -0.4 is 15.2 Å². The highest BCUT2D eigenvalue weighted by Gasteiger charge is 2.17. The molecule has 3 aromatic rings. The fourth-order valence-electron chi connectivity index (χ4n) is 2.39. The lowest BCUT2D eigenvalue weighted by Gasteiger charge is -2.12. The van der Waals surface area contributed by atoms with E-state index in [4.69, 9.17) is 9.88 Å². The largest absolute Gasteiger partial charge is 0.437 e. The molecule has 0 radical (unpaired) electrons. The normalized spacial score (nSPS) is 11.1. The standard InChI is InChI=1S/C19H16FN3O4S/c1-12-4-9-15(28(21,25)26)11-16(12)18(24)23-17-3-2-10-22-19(17)27-14-7-5-13(20)6-8-14/h2-11H,1H3,(H,23,24)(H2,21,25,26). The SMILES string of the molecule is Cc1ccc(S(N)(=O)=O)cc1C(=O)Nc1cccnc1Oc1ccc(F)cc1. The molecule has 0 fully saturated rings. The van der Waals surface area contributed by atoms with Crippen molar-refractivity contribution in [3.05, 3.63) is 77.7 Å². The summed E-state index contributed by atoms with van der Waals surface area (Å²) in [6.07, 6.45) is 1.47. The van der Waals surface area contributed by atoms with E-state index >= 15 is 0 Å². The van der Waals surface area contributed by atoms with Gasteiger partial charge in [0.15, 0.2) is 0 Å². The molecular weight excluding hydrogens is 385 g/mol. The Labute approximate surface area is 161 Å². The first-order valence-electron chi connectivity index (χ1n) is 8.07. The molecule has 1 heterocycles. The molecule has 0 aliphatic rings. The van der Waals surface area contributed by atoms with Gasteiger partial charge in [-0.3, -0.25) is 4.79 Å². The van der Waals surface area contributed by atoms with E-state index in [1.807, 2.05) is 0 Å². The number of nitrogens with zero attached hydrogens (tertiary/aromatic N) is 1. The summed E-state index contributed by atoms with van der Waals surface area (Å²) < 4.78 is 41.7. The molecule has 0 saturated heterocycles. The quantitative estimate of drug-likeness (QED) is 0.682. The van der Waals surface area contributed by atoms with E-state index < -0.39 is 21.7 Å². The molecule has 2 aromatic carbocycles. The number of carbonyl (C=O) groups is 1. The number of pyridine rings is 1. The molecular formula is C19H16FN3O4S. The number of sulfonamides is 1. The van der Waals surface area contributed by atoms with Gasteiger partial charge in [0.2, 0.25) is 15.9 Å². The van der Waals surface area contributed by atoms with Gasteiger partial charge in [-0.2, -0.15) is 0 Å². The summed E-state index contributed by atoms with van der Waals surface area (Å²) in [5.74, 6) is -0.530. The van der Waals surface area contributed by atoms with Crippen LogP contribution in [0.2, 0.25) is 0 Å². The summed E-state index contributed by atoms with van der Waals surface area (Å²) >= 11 is 0. The van der Waals surface area contributed by atoms with Gasteiger partial charge in [0, 0.05) is 11.8 Å². The highest BCUT2D eigenvalue weighted by molar-refractivity contribution is 7.89. The number of aryl methyl sites for hydroxylation is 1. The molecule has 1 aromatic heterocycles. The highest BCUT2D eigenvalue weighted by atomic mass is 32.2. The molecule has 1 amide bonds. The molecule has 3 N–H and O–H groups in total. The lowest BCUT2D eigenvalue weighted by atomic mass is 10.1. The minimum absolute atomic E-state index is 0.0997. The highest BCUT2D eigenvalue weighted by Crippen LogP contribution is 2.27. The number of carbonyl (C=O) groups excluding carboxylic acids is 1. The molecule has 3 rings (SSSR count). The molecule has 0 saturated carbocycles. The van der Waals surface area contributed by atoms with Crippen LogP contribution >= 0.6 is 0 Å². The lowest BCUT2D eigenvalue weighted by molar-refractivity contribution is 0.102. The topological polar surface area (TPSA) is 111 Å². The van der Waals surface area contributed by atoms with Gasteiger partial charge in [-0.15, -0.1) is 0 Å². The van der Waals surface area contributed by atoms with E-state index in [1.54, 1.807) is 19.1 Å². The van der Waals surface area contributed by atoms with Gasteiger partial charge in [-0.1, -0.05) is 6.07 Å². The number of aromatic nitrogens is 1. The Kier molecular flexibility index (Phi) is 5.39. The molecule has 0 bridgehead atoms. The van der Waals surface area contributed by atoms with Gasteiger partial charge in [-0.05, 0) is 61.0 Å².